The molecule has 0 saturated carbocycles. The third kappa shape index (κ3) is 7.39. The number of aliphatic carboxylic acids is 2. The van der Waals surface area contributed by atoms with Gasteiger partial charge in [-0.2, -0.15) is 0 Å². The Kier molecular flexibility index (Phi) is 10.2. The predicted molar refractivity (Wildman–Crippen MR) is 157 cm³/mol. The first-order valence-corrected chi connectivity index (χ1v) is 15.1. The Balaban J connectivity index is 2.66. The number of hydrogen-bond donors (Lipinski definition) is 2. The molecule has 8 nitrogen and oxygen atoms in total. The highest BCUT2D eigenvalue weighted by Crippen LogP contribution is 2.60. The van der Waals surface area contributed by atoms with Gasteiger partial charge in [0.2, 0.25) is 11.8 Å². The van der Waals surface area contributed by atoms with Crippen molar-refractivity contribution in [2.75, 3.05) is 0 Å². The van der Waals surface area contributed by atoms with Crippen molar-refractivity contribution >= 4 is 23.8 Å². The van der Waals surface area contributed by atoms with E-state index in [0.29, 0.717) is 12.8 Å². The number of carbonyl (C=O) groups is 4. The van der Waals surface area contributed by atoms with Crippen molar-refractivity contribution in [2.24, 2.45) is 17.3 Å². The summed E-state index contributed by atoms with van der Waals surface area (Å²) < 4.78 is 0. The average Bonchev–Trinajstić information content (AvgIpc) is 2.70. The zero-order valence-electron chi connectivity index (χ0n) is 26.9. The van der Waals surface area contributed by atoms with Crippen LogP contribution in [0.4, 0.5) is 0 Å². The molecule has 0 aromatic rings. The molecule has 0 atom stereocenters. The number of amides is 2. The van der Waals surface area contributed by atoms with Crippen LogP contribution in [0.5, 0.6) is 0 Å². The minimum Gasteiger partial charge on any atom is -0.481 e. The van der Waals surface area contributed by atoms with E-state index in [1.165, 1.54) is 0 Å². The van der Waals surface area contributed by atoms with Gasteiger partial charge in [-0.05, 0) is 118 Å². The second-order valence-corrected chi connectivity index (χ2v) is 15.3. The van der Waals surface area contributed by atoms with Crippen LogP contribution in [0.25, 0.3) is 0 Å². The summed E-state index contributed by atoms with van der Waals surface area (Å²) in [5, 5.41) is 19.1. The summed E-state index contributed by atoms with van der Waals surface area (Å²) in [6.45, 7) is 20.3. The van der Waals surface area contributed by atoms with E-state index in [4.69, 9.17) is 5.11 Å². The minimum atomic E-state index is -0.811. The summed E-state index contributed by atoms with van der Waals surface area (Å²) in [6, 6.07) is 0. The van der Waals surface area contributed by atoms with E-state index in [1.807, 2.05) is 9.80 Å². The van der Waals surface area contributed by atoms with Crippen LogP contribution in [-0.4, -0.2) is 65.9 Å². The molecule has 2 aliphatic heterocycles. The zero-order valence-corrected chi connectivity index (χ0v) is 26.9. The van der Waals surface area contributed by atoms with Crippen LogP contribution < -0.4 is 0 Å². The number of nitrogens with zero attached hydrogens (tertiary/aromatic N) is 2. The molecule has 0 aromatic heterocycles. The van der Waals surface area contributed by atoms with Crippen LogP contribution in [0.3, 0.4) is 0 Å². The van der Waals surface area contributed by atoms with E-state index in [-0.39, 0.29) is 41.9 Å². The number of carboxylic acid groups (broad SMARTS) is 2. The lowest BCUT2D eigenvalue weighted by Gasteiger charge is -2.64. The predicted octanol–water partition coefficient (Wildman–Crippen LogP) is 6.50. The Labute approximate surface area is 242 Å². The lowest BCUT2D eigenvalue weighted by Crippen LogP contribution is -2.67. The molecule has 2 amide bonds. The van der Waals surface area contributed by atoms with E-state index >= 15 is 0 Å². The molecule has 2 rings (SSSR count). The first kappa shape index (κ1) is 34.1. The molecule has 0 unspecified atom stereocenters. The van der Waals surface area contributed by atoms with Crippen LogP contribution in [-0.2, 0) is 19.2 Å². The number of carbonyl (C=O) groups excluding carboxylic acids is 2. The topological polar surface area (TPSA) is 115 Å². The Morgan fingerprint density at radius 3 is 1.25 bits per heavy atom. The second-order valence-electron chi connectivity index (χ2n) is 15.3. The van der Waals surface area contributed by atoms with E-state index in [2.05, 4.69) is 55.4 Å². The van der Waals surface area contributed by atoms with Gasteiger partial charge in [0, 0.05) is 48.8 Å². The fraction of sp³-hybridized carbons (Fsp3) is 0.875. The van der Waals surface area contributed by atoms with Crippen LogP contribution in [0, 0.1) is 17.3 Å². The molecule has 2 saturated heterocycles. The van der Waals surface area contributed by atoms with Gasteiger partial charge in [0.25, 0.3) is 0 Å². The Hall–Kier alpha value is -2.12. The maximum Gasteiger partial charge on any atom is 0.303 e. The number of unbranched alkanes of at least 4 members (excludes halogenated alkanes) is 2. The molecule has 40 heavy (non-hydrogen) atoms. The molecule has 8 heteroatoms. The van der Waals surface area contributed by atoms with Crippen molar-refractivity contribution in [3.05, 3.63) is 0 Å². The molecule has 0 radical (unpaired) electrons. The number of rotatable bonds is 11. The number of piperidine rings is 2. The summed E-state index contributed by atoms with van der Waals surface area (Å²) in [7, 11) is 0. The first-order valence-electron chi connectivity index (χ1n) is 15.1. The van der Waals surface area contributed by atoms with E-state index in [1.54, 1.807) is 13.8 Å². The molecule has 230 valence electrons. The van der Waals surface area contributed by atoms with E-state index < -0.39 is 34.1 Å². The quantitative estimate of drug-likeness (QED) is 0.277. The molecule has 0 aromatic carbocycles. The monoisotopic (exact) mass is 564 g/mol. The lowest BCUT2D eigenvalue weighted by atomic mass is 9.50. The Morgan fingerprint density at radius 1 is 0.600 bits per heavy atom. The van der Waals surface area contributed by atoms with E-state index in [9.17, 15) is 24.3 Å². The summed E-state index contributed by atoms with van der Waals surface area (Å²) in [5.41, 5.74) is -1.93. The summed E-state index contributed by atoms with van der Waals surface area (Å²) >= 11 is 0. The highest BCUT2D eigenvalue weighted by atomic mass is 16.4. The maximum absolute atomic E-state index is 12.8. The molecule has 2 heterocycles. The Bertz CT molecular complexity index is 876. The molecular weight excluding hydrogens is 508 g/mol. The lowest BCUT2D eigenvalue weighted by molar-refractivity contribution is -0.167. The molecular formula is C32H56N2O6. The molecule has 2 aliphatic rings. The smallest absolute Gasteiger partial charge is 0.303 e. The third-order valence-electron chi connectivity index (χ3n) is 10.00. The highest BCUT2D eigenvalue weighted by molar-refractivity contribution is 5.76. The number of hydrogen-bond acceptors (Lipinski definition) is 4. The number of carboxylic acids is 2. The van der Waals surface area contributed by atoms with Crippen LogP contribution in [0.15, 0.2) is 0 Å². The fourth-order valence-corrected chi connectivity index (χ4v) is 9.60. The van der Waals surface area contributed by atoms with Gasteiger partial charge in [-0.1, -0.05) is 12.8 Å². The van der Waals surface area contributed by atoms with Crippen molar-refractivity contribution in [1.82, 2.24) is 9.80 Å². The van der Waals surface area contributed by atoms with Crippen molar-refractivity contribution in [1.29, 1.82) is 0 Å². The van der Waals surface area contributed by atoms with E-state index in [0.717, 1.165) is 44.9 Å². The fourth-order valence-electron chi connectivity index (χ4n) is 9.60. The summed E-state index contributed by atoms with van der Waals surface area (Å²) in [6.07, 6.45) is 6.86. The van der Waals surface area contributed by atoms with Crippen molar-refractivity contribution in [3.63, 3.8) is 0 Å². The normalized spacial score (nSPS) is 22.6. The summed E-state index contributed by atoms with van der Waals surface area (Å²) in [4.78, 5) is 52.9. The largest absolute Gasteiger partial charge is 0.481 e. The Morgan fingerprint density at radius 2 is 0.950 bits per heavy atom. The molecule has 0 spiro atoms. The van der Waals surface area contributed by atoms with Gasteiger partial charge in [0.1, 0.15) is 0 Å². The molecule has 2 N–H and O–H groups in total. The van der Waals surface area contributed by atoms with Gasteiger partial charge in [0.15, 0.2) is 0 Å². The van der Waals surface area contributed by atoms with Gasteiger partial charge in [-0.15, -0.1) is 0 Å². The van der Waals surface area contributed by atoms with Crippen molar-refractivity contribution in [3.8, 4) is 0 Å². The maximum atomic E-state index is 12.8. The van der Waals surface area contributed by atoms with Crippen LogP contribution in [0.2, 0.25) is 0 Å². The molecule has 2 fully saturated rings. The zero-order chi connectivity index (χ0) is 30.9. The SMILES string of the molecule is CC(=O)N1C(C)(C)CC(C(CCCCCC(=O)O)(CCC(=O)O)C2CC(C)(C)N(C(C)=O)C(C)(C)C2)CC1(C)C. The van der Waals surface area contributed by atoms with Gasteiger partial charge < -0.3 is 20.0 Å². The number of likely N-dealkylation sites (tertiary alicyclic amines) is 2. The van der Waals surface area contributed by atoms with Gasteiger partial charge in [-0.3, -0.25) is 19.2 Å². The molecule has 0 aliphatic carbocycles. The van der Waals surface area contributed by atoms with Gasteiger partial charge in [-0.25, -0.2) is 0 Å². The standard InChI is InChI=1S/C32H56N2O6/c1-22(35)33-28(3,4)18-24(19-29(33,5)6)32(17-15-27(39)40,16-13-11-12-14-26(37)38)25-20-30(7,8)34(23(2)36)31(9,10)21-25/h24-25H,11-21H2,1-10H3,(H,37,38)(H,39,40). The molecule has 0 bridgehead atoms. The van der Waals surface area contributed by atoms with Crippen LogP contribution >= 0.6 is 0 Å². The first-order chi connectivity index (χ1) is 18.1. The average molecular weight is 565 g/mol. The van der Waals surface area contributed by atoms with Gasteiger partial charge in [0.05, 0.1) is 0 Å². The van der Waals surface area contributed by atoms with Crippen LogP contribution in [0.1, 0.15) is 140 Å². The van der Waals surface area contributed by atoms with Gasteiger partial charge >= 0.3 is 11.9 Å². The second kappa shape index (κ2) is 12.0. The van der Waals surface area contributed by atoms with Crippen molar-refractivity contribution < 1.29 is 29.4 Å². The summed E-state index contributed by atoms with van der Waals surface area (Å²) in [5.74, 6) is -1.16. The highest BCUT2D eigenvalue weighted by Gasteiger charge is 2.58. The third-order valence-corrected chi connectivity index (χ3v) is 10.00. The van der Waals surface area contributed by atoms with Crippen molar-refractivity contribution in [2.45, 2.75) is 162 Å². The minimum absolute atomic E-state index is 0.0512.